The van der Waals surface area contributed by atoms with Crippen LogP contribution in [0.5, 0.6) is 0 Å². The van der Waals surface area contributed by atoms with Crippen LogP contribution in [0.3, 0.4) is 0 Å². The van der Waals surface area contributed by atoms with Crippen LogP contribution in [0.4, 0.5) is 0 Å². The lowest BCUT2D eigenvalue weighted by molar-refractivity contribution is -0.337. The Balaban J connectivity index is 2.11. The zero-order chi connectivity index (χ0) is 17.3. The van der Waals surface area contributed by atoms with Crippen LogP contribution in [0.1, 0.15) is 27.2 Å². The maximum Gasteiger partial charge on any atom is 0.181 e. The predicted octanol–water partition coefficient (Wildman–Crippen LogP) is -1.43. The predicted molar refractivity (Wildman–Crippen MR) is 78.1 cm³/mol. The summed E-state index contributed by atoms with van der Waals surface area (Å²) in [6, 6.07) is 0. The van der Waals surface area contributed by atoms with E-state index in [0.717, 1.165) is 0 Å². The minimum Gasteiger partial charge on any atom is -0.394 e. The summed E-state index contributed by atoms with van der Waals surface area (Å²) in [6.07, 6.45) is -6.93. The highest BCUT2D eigenvalue weighted by Crippen LogP contribution is 2.33. The van der Waals surface area contributed by atoms with Crippen LogP contribution in [0, 0.1) is 11.8 Å². The number of ether oxygens (including phenoxy) is 3. The average Bonchev–Trinajstić information content (AvgIpc) is 2.55. The Morgan fingerprint density at radius 2 is 1.52 bits per heavy atom. The molecule has 0 aromatic carbocycles. The minimum absolute atomic E-state index is 0.387. The van der Waals surface area contributed by atoms with Gasteiger partial charge in [-0.2, -0.15) is 0 Å². The van der Waals surface area contributed by atoms with Gasteiger partial charge in [-0.3, -0.25) is 0 Å². The van der Waals surface area contributed by atoms with E-state index < -0.39 is 61.0 Å². The number of hydrogen-bond acceptors (Lipinski definition) is 8. The third kappa shape index (κ3) is 3.69. The van der Waals surface area contributed by atoms with Crippen LogP contribution in [-0.2, 0) is 14.2 Å². The topological polar surface area (TPSA) is 129 Å². The molecule has 0 radical (unpaired) electrons. The Kier molecular flexibility index (Phi) is 6.37. The highest BCUT2D eigenvalue weighted by atomic mass is 16.7. The lowest BCUT2D eigenvalue weighted by Gasteiger charge is -2.46. The fourth-order valence-electron chi connectivity index (χ4n) is 3.21. The standard InChI is InChI=1S/C15H28O8/c1-4-8-12(19)10(17)7(3)15(22-8)23-13-6(2)11(18)14(20)21-9(13)5-16/h6-20H,4-5H2,1-3H3/t6-,7-,8-,9-,10-,11-,12-,13+,14+,15-/m1/s1. The first-order chi connectivity index (χ1) is 10.8. The molecule has 10 atom stereocenters. The van der Waals surface area contributed by atoms with Gasteiger partial charge in [0.2, 0.25) is 0 Å². The molecule has 8 nitrogen and oxygen atoms in total. The summed E-state index contributed by atoms with van der Waals surface area (Å²) in [4.78, 5) is 0. The molecule has 0 aromatic heterocycles. The Morgan fingerprint density at radius 1 is 0.870 bits per heavy atom. The van der Waals surface area contributed by atoms with Gasteiger partial charge in [-0.25, -0.2) is 0 Å². The monoisotopic (exact) mass is 336 g/mol. The van der Waals surface area contributed by atoms with E-state index in [1.54, 1.807) is 13.8 Å². The van der Waals surface area contributed by atoms with Crippen molar-refractivity contribution in [1.29, 1.82) is 0 Å². The largest absolute Gasteiger partial charge is 0.394 e. The molecule has 2 fully saturated rings. The van der Waals surface area contributed by atoms with Gasteiger partial charge in [0, 0.05) is 11.8 Å². The van der Waals surface area contributed by atoms with E-state index in [1.807, 2.05) is 6.92 Å². The van der Waals surface area contributed by atoms with Gasteiger partial charge < -0.3 is 39.7 Å². The minimum atomic E-state index is -1.39. The van der Waals surface area contributed by atoms with Crippen molar-refractivity contribution in [2.75, 3.05) is 6.61 Å². The maximum absolute atomic E-state index is 10.2. The van der Waals surface area contributed by atoms with Gasteiger partial charge in [0.25, 0.3) is 0 Å². The van der Waals surface area contributed by atoms with E-state index in [1.165, 1.54) is 0 Å². The lowest BCUT2D eigenvalue weighted by Crippen LogP contribution is -2.59. The first-order valence-electron chi connectivity index (χ1n) is 8.11. The lowest BCUT2D eigenvalue weighted by atomic mass is 9.89. The molecule has 0 unspecified atom stereocenters. The molecule has 2 rings (SSSR count). The summed E-state index contributed by atoms with van der Waals surface area (Å²) in [5.74, 6) is -1.00. The highest BCUT2D eigenvalue weighted by molar-refractivity contribution is 4.91. The van der Waals surface area contributed by atoms with Crippen LogP contribution in [-0.4, -0.2) is 81.3 Å². The molecule has 0 bridgehead atoms. The first-order valence-corrected chi connectivity index (χ1v) is 8.11. The third-order valence-corrected chi connectivity index (χ3v) is 4.91. The van der Waals surface area contributed by atoms with Crippen LogP contribution < -0.4 is 0 Å². The Hall–Kier alpha value is -0.320. The maximum atomic E-state index is 10.2. The fraction of sp³-hybridized carbons (Fsp3) is 1.00. The van der Waals surface area contributed by atoms with Crippen LogP contribution in [0.25, 0.3) is 0 Å². The summed E-state index contributed by atoms with van der Waals surface area (Å²) in [5.41, 5.74) is 0. The molecule has 0 spiro atoms. The number of aliphatic hydroxyl groups is 5. The van der Waals surface area contributed by atoms with E-state index in [9.17, 15) is 25.5 Å². The van der Waals surface area contributed by atoms with Crippen molar-refractivity contribution < 1.29 is 39.7 Å². The molecular formula is C15H28O8. The van der Waals surface area contributed by atoms with Crippen molar-refractivity contribution in [1.82, 2.24) is 0 Å². The quantitative estimate of drug-likeness (QED) is 0.423. The molecule has 2 saturated heterocycles. The normalized spacial score (nSPS) is 51.7. The van der Waals surface area contributed by atoms with E-state index >= 15 is 0 Å². The van der Waals surface area contributed by atoms with Gasteiger partial charge >= 0.3 is 0 Å². The smallest absolute Gasteiger partial charge is 0.181 e. The van der Waals surface area contributed by atoms with Crippen LogP contribution in [0.2, 0.25) is 0 Å². The van der Waals surface area contributed by atoms with Gasteiger partial charge in [0.05, 0.1) is 24.9 Å². The molecular weight excluding hydrogens is 308 g/mol. The average molecular weight is 336 g/mol. The number of aliphatic hydroxyl groups excluding tert-OH is 5. The van der Waals surface area contributed by atoms with E-state index in [4.69, 9.17) is 14.2 Å². The van der Waals surface area contributed by atoms with E-state index in [-0.39, 0.29) is 6.61 Å². The number of rotatable bonds is 4. The molecule has 5 N–H and O–H groups in total. The van der Waals surface area contributed by atoms with Crippen molar-refractivity contribution in [3.8, 4) is 0 Å². The van der Waals surface area contributed by atoms with Crippen LogP contribution >= 0.6 is 0 Å². The SMILES string of the molecule is CC[C@H]1O[C@H](O[C@H]2[C@H](C)[C@@H](O)[C@@H](O)O[C@@H]2CO)[C@H](C)[C@@H](O)[C@@H]1O. The summed E-state index contributed by atoms with van der Waals surface area (Å²) < 4.78 is 16.8. The second-order valence-electron chi connectivity index (χ2n) is 6.49. The molecule has 23 heavy (non-hydrogen) atoms. The molecule has 0 saturated carbocycles. The summed E-state index contributed by atoms with van der Waals surface area (Å²) >= 11 is 0. The molecule has 2 aliphatic rings. The summed E-state index contributed by atoms with van der Waals surface area (Å²) in [6.45, 7) is 4.82. The highest BCUT2D eigenvalue weighted by Gasteiger charge is 2.48. The van der Waals surface area contributed by atoms with Crippen molar-refractivity contribution in [2.45, 2.75) is 76.4 Å². The van der Waals surface area contributed by atoms with Crippen molar-refractivity contribution >= 4 is 0 Å². The Morgan fingerprint density at radius 3 is 2.09 bits per heavy atom. The molecule has 2 aliphatic heterocycles. The number of hydrogen-bond donors (Lipinski definition) is 5. The molecule has 0 aliphatic carbocycles. The van der Waals surface area contributed by atoms with Crippen molar-refractivity contribution in [2.24, 2.45) is 11.8 Å². The Bertz CT molecular complexity index is 376. The van der Waals surface area contributed by atoms with Gasteiger partial charge in [0.1, 0.15) is 18.3 Å². The van der Waals surface area contributed by atoms with E-state index in [2.05, 4.69) is 0 Å². The van der Waals surface area contributed by atoms with Crippen LogP contribution in [0.15, 0.2) is 0 Å². The first kappa shape index (κ1) is 19.0. The van der Waals surface area contributed by atoms with Crippen molar-refractivity contribution in [3.05, 3.63) is 0 Å². The Labute approximate surface area is 135 Å². The summed E-state index contributed by atoms with van der Waals surface area (Å²) in [7, 11) is 0. The second-order valence-corrected chi connectivity index (χ2v) is 6.49. The fourth-order valence-corrected chi connectivity index (χ4v) is 3.21. The van der Waals surface area contributed by atoms with Gasteiger partial charge in [-0.15, -0.1) is 0 Å². The van der Waals surface area contributed by atoms with Gasteiger partial charge in [-0.05, 0) is 6.42 Å². The molecule has 136 valence electrons. The van der Waals surface area contributed by atoms with Crippen molar-refractivity contribution in [3.63, 3.8) is 0 Å². The molecule has 0 aromatic rings. The molecule has 2 heterocycles. The molecule has 8 heteroatoms. The molecule has 0 amide bonds. The third-order valence-electron chi connectivity index (χ3n) is 4.91. The zero-order valence-corrected chi connectivity index (χ0v) is 13.6. The second kappa shape index (κ2) is 7.71. The summed E-state index contributed by atoms with van der Waals surface area (Å²) in [5, 5.41) is 49.2. The van der Waals surface area contributed by atoms with Gasteiger partial charge in [0.15, 0.2) is 12.6 Å². The van der Waals surface area contributed by atoms with Gasteiger partial charge in [-0.1, -0.05) is 20.8 Å². The zero-order valence-electron chi connectivity index (χ0n) is 13.6. The van der Waals surface area contributed by atoms with E-state index in [0.29, 0.717) is 6.42 Å².